The van der Waals surface area contributed by atoms with Crippen LogP contribution in [-0.2, 0) is 10.0 Å². The molecule has 7 heteroatoms. The van der Waals surface area contributed by atoms with Crippen molar-refractivity contribution < 1.29 is 13.2 Å². The van der Waals surface area contributed by atoms with E-state index in [0.717, 1.165) is 0 Å². The smallest absolute Gasteiger partial charge is 0.319 e. The van der Waals surface area contributed by atoms with Crippen LogP contribution in [0.5, 0.6) is 0 Å². The predicted molar refractivity (Wildman–Crippen MR) is 84.7 cm³/mol. The van der Waals surface area contributed by atoms with E-state index in [1.165, 1.54) is 10.6 Å². The first-order valence-electron chi connectivity index (χ1n) is 6.84. The summed E-state index contributed by atoms with van der Waals surface area (Å²) in [5, 5.41) is 5.33. The molecule has 0 spiro atoms. The highest BCUT2D eigenvalue weighted by Gasteiger charge is 2.17. The maximum Gasteiger partial charge on any atom is 0.319 e. The summed E-state index contributed by atoms with van der Waals surface area (Å²) in [6.07, 6.45) is 1.18. The third kappa shape index (κ3) is 7.10. The van der Waals surface area contributed by atoms with Gasteiger partial charge in [0, 0.05) is 25.3 Å². The molecule has 0 unspecified atom stereocenters. The Bertz CT molecular complexity index is 544. The van der Waals surface area contributed by atoms with E-state index in [4.69, 9.17) is 0 Å². The molecule has 6 nitrogen and oxygen atoms in total. The summed E-state index contributed by atoms with van der Waals surface area (Å²) in [6, 6.07) is 8.72. The van der Waals surface area contributed by atoms with Crippen LogP contribution in [0.4, 0.5) is 10.5 Å². The monoisotopic (exact) mass is 313 g/mol. The average Bonchev–Trinajstić information content (AvgIpc) is 2.37. The summed E-state index contributed by atoms with van der Waals surface area (Å²) < 4.78 is 24.6. The molecule has 1 aromatic rings. The third-order valence-corrected chi connectivity index (χ3v) is 3.99. The van der Waals surface area contributed by atoms with Gasteiger partial charge in [-0.25, -0.2) is 17.5 Å². The molecule has 0 atom stereocenters. The summed E-state index contributed by atoms with van der Waals surface area (Å²) in [4.78, 5) is 11.7. The zero-order chi connectivity index (χ0) is 15.9. The van der Waals surface area contributed by atoms with Crippen molar-refractivity contribution in [2.24, 2.45) is 5.92 Å². The quantitative estimate of drug-likeness (QED) is 0.804. The van der Waals surface area contributed by atoms with E-state index >= 15 is 0 Å². The molecule has 0 heterocycles. The minimum Gasteiger partial charge on any atom is -0.337 e. The van der Waals surface area contributed by atoms with E-state index in [9.17, 15) is 13.2 Å². The standard InChI is InChI=1S/C14H23N3O3S/c1-12(2)11-17(21(3,19)20)10-9-15-14(18)16-13-7-5-4-6-8-13/h4-8,12H,9-11H2,1-3H3,(H2,15,16,18). The van der Waals surface area contributed by atoms with Crippen molar-refractivity contribution in [3.63, 3.8) is 0 Å². The van der Waals surface area contributed by atoms with Crippen molar-refractivity contribution in [1.82, 2.24) is 9.62 Å². The van der Waals surface area contributed by atoms with Crippen LogP contribution in [-0.4, -0.2) is 44.6 Å². The lowest BCUT2D eigenvalue weighted by Gasteiger charge is -2.22. The van der Waals surface area contributed by atoms with E-state index in [0.29, 0.717) is 12.2 Å². The Morgan fingerprint density at radius 1 is 1.24 bits per heavy atom. The Morgan fingerprint density at radius 2 is 1.86 bits per heavy atom. The molecule has 2 amide bonds. The number of rotatable bonds is 7. The maximum absolute atomic E-state index is 11.7. The van der Waals surface area contributed by atoms with Crippen LogP contribution >= 0.6 is 0 Å². The molecule has 118 valence electrons. The first kappa shape index (κ1) is 17.5. The predicted octanol–water partition coefficient (Wildman–Crippen LogP) is 1.73. The van der Waals surface area contributed by atoms with Gasteiger partial charge < -0.3 is 10.6 Å². The largest absolute Gasteiger partial charge is 0.337 e. The Labute approximate surface area is 126 Å². The number of hydrogen-bond donors (Lipinski definition) is 2. The van der Waals surface area contributed by atoms with Crippen molar-refractivity contribution >= 4 is 21.7 Å². The molecule has 21 heavy (non-hydrogen) atoms. The summed E-state index contributed by atoms with van der Waals surface area (Å²) in [6.45, 7) is 4.87. The molecule has 0 aromatic heterocycles. The van der Waals surface area contributed by atoms with E-state index in [2.05, 4.69) is 10.6 Å². The number of carbonyl (C=O) groups excluding carboxylic acids is 1. The van der Waals surface area contributed by atoms with Crippen molar-refractivity contribution in [3.05, 3.63) is 30.3 Å². The van der Waals surface area contributed by atoms with Gasteiger partial charge in [-0.2, -0.15) is 0 Å². The fraction of sp³-hybridized carbons (Fsp3) is 0.500. The van der Waals surface area contributed by atoms with Gasteiger partial charge in [-0.3, -0.25) is 0 Å². The number of anilines is 1. The number of hydrogen-bond acceptors (Lipinski definition) is 3. The van der Waals surface area contributed by atoms with Crippen molar-refractivity contribution in [2.45, 2.75) is 13.8 Å². The van der Waals surface area contributed by atoms with Gasteiger partial charge in [0.05, 0.1) is 6.26 Å². The summed E-state index contributed by atoms with van der Waals surface area (Å²) in [7, 11) is -3.26. The van der Waals surface area contributed by atoms with E-state index in [1.54, 1.807) is 12.1 Å². The van der Waals surface area contributed by atoms with Gasteiger partial charge in [-0.15, -0.1) is 0 Å². The number of amides is 2. The van der Waals surface area contributed by atoms with Gasteiger partial charge in [0.25, 0.3) is 0 Å². The van der Waals surface area contributed by atoms with Crippen LogP contribution in [0.2, 0.25) is 0 Å². The number of sulfonamides is 1. The molecule has 1 rings (SSSR count). The molecule has 0 saturated heterocycles. The second kappa shape index (κ2) is 7.99. The van der Waals surface area contributed by atoms with Gasteiger partial charge in [0.1, 0.15) is 0 Å². The van der Waals surface area contributed by atoms with Crippen LogP contribution < -0.4 is 10.6 Å². The first-order chi connectivity index (χ1) is 9.79. The highest BCUT2D eigenvalue weighted by atomic mass is 32.2. The van der Waals surface area contributed by atoms with E-state index in [-0.39, 0.29) is 25.0 Å². The zero-order valence-electron chi connectivity index (χ0n) is 12.7. The van der Waals surface area contributed by atoms with Gasteiger partial charge >= 0.3 is 6.03 Å². The first-order valence-corrected chi connectivity index (χ1v) is 8.69. The van der Waals surface area contributed by atoms with Crippen molar-refractivity contribution in [3.8, 4) is 0 Å². The maximum atomic E-state index is 11.7. The lowest BCUT2D eigenvalue weighted by molar-refractivity contribution is 0.250. The van der Waals surface area contributed by atoms with Gasteiger partial charge in [-0.1, -0.05) is 32.0 Å². The number of benzene rings is 1. The average molecular weight is 313 g/mol. The van der Waals surface area contributed by atoms with E-state index < -0.39 is 10.0 Å². The minimum absolute atomic E-state index is 0.234. The number of nitrogens with zero attached hydrogens (tertiary/aromatic N) is 1. The topological polar surface area (TPSA) is 78.5 Å². The molecule has 0 aliphatic heterocycles. The molecule has 0 fully saturated rings. The second-order valence-corrected chi connectivity index (χ2v) is 7.24. The highest BCUT2D eigenvalue weighted by Crippen LogP contribution is 2.05. The number of urea groups is 1. The molecule has 2 N–H and O–H groups in total. The normalized spacial score (nSPS) is 11.7. The van der Waals surface area contributed by atoms with Crippen molar-refractivity contribution in [2.75, 3.05) is 31.2 Å². The molecule has 0 bridgehead atoms. The summed E-state index contributed by atoms with van der Waals surface area (Å²) >= 11 is 0. The van der Waals surface area contributed by atoms with Gasteiger partial charge in [-0.05, 0) is 18.1 Å². The minimum atomic E-state index is -3.26. The number of nitrogens with one attached hydrogen (secondary N) is 2. The molecule has 0 aliphatic rings. The SMILES string of the molecule is CC(C)CN(CCNC(=O)Nc1ccccc1)S(C)(=O)=O. The van der Waals surface area contributed by atoms with Crippen LogP contribution in [0.25, 0.3) is 0 Å². The van der Waals surface area contributed by atoms with E-state index in [1.807, 2.05) is 32.0 Å². The fourth-order valence-electron chi connectivity index (χ4n) is 1.79. The Morgan fingerprint density at radius 3 is 2.38 bits per heavy atom. The lowest BCUT2D eigenvalue weighted by Crippen LogP contribution is -2.40. The number of carbonyl (C=O) groups is 1. The molecule has 0 radical (unpaired) electrons. The third-order valence-electron chi connectivity index (χ3n) is 2.72. The van der Waals surface area contributed by atoms with Gasteiger partial charge in [0.15, 0.2) is 0 Å². The Balaban J connectivity index is 2.42. The van der Waals surface area contributed by atoms with Crippen molar-refractivity contribution in [1.29, 1.82) is 0 Å². The van der Waals surface area contributed by atoms with Crippen LogP contribution in [0, 0.1) is 5.92 Å². The highest BCUT2D eigenvalue weighted by molar-refractivity contribution is 7.88. The molecule has 0 saturated carbocycles. The van der Waals surface area contributed by atoms with Crippen LogP contribution in [0.1, 0.15) is 13.8 Å². The van der Waals surface area contributed by atoms with Crippen LogP contribution in [0.3, 0.4) is 0 Å². The van der Waals surface area contributed by atoms with Gasteiger partial charge in [0.2, 0.25) is 10.0 Å². The number of para-hydroxylation sites is 1. The Kier molecular flexibility index (Phi) is 6.64. The Hall–Kier alpha value is -1.60. The lowest BCUT2D eigenvalue weighted by atomic mass is 10.2. The molecular weight excluding hydrogens is 290 g/mol. The fourth-order valence-corrected chi connectivity index (χ4v) is 2.78. The molecule has 1 aromatic carbocycles. The second-order valence-electron chi connectivity index (χ2n) is 5.26. The molecule has 0 aliphatic carbocycles. The van der Waals surface area contributed by atoms with Crippen LogP contribution in [0.15, 0.2) is 30.3 Å². The summed E-state index contributed by atoms with van der Waals surface area (Å²) in [5.74, 6) is 0.234. The summed E-state index contributed by atoms with van der Waals surface area (Å²) in [5.41, 5.74) is 0.692. The molecular formula is C14H23N3O3S. The zero-order valence-corrected chi connectivity index (χ0v) is 13.5.